The number of benzene rings is 2. The van der Waals surface area contributed by atoms with Gasteiger partial charge in [-0.05, 0) is 30.4 Å². The van der Waals surface area contributed by atoms with Gasteiger partial charge in [0.15, 0.2) is 0 Å². The maximum atomic E-state index is 13.1. The summed E-state index contributed by atoms with van der Waals surface area (Å²) in [6.45, 7) is 2.08. The summed E-state index contributed by atoms with van der Waals surface area (Å²) in [5.74, 6) is -0.362. The lowest BCUT2D eigenvalue weighted by atomic mass is 10.0. The number of nitrogens with zero attached hydrogens (tertiary/aromatic N) is 2. The third kappa shape index (κ3) is 5.28. The predicted molar refractivity (Wildman–Crippen MR) is 120 cm³/mol. The highest BCUT2D eigenvalue weighted by atomic mass is 16.6. The Morgan fingerprint density at radius 1 is 0.906 bits per heavy atom. The fourth-order valence-electron chi connectivity index (χ4n) is 4.13. The van der Waals surface area contributed by atoms with E-state index in [4.69, 9.17) is 4.74 Å². The second-order valence-electron chi connectivity index (χ2n) is 8.32. The lowest BCUT2D eigenvalue weighted by Gasteiger charge is -2.35. The molecular formula is C25H29N3O4. The van der Waals surface area contributed by atoms with Gasteiger partial charge in [0.25, 0.3) is 0 Å². The van der Waals surface area contributed by atoms with Crippen molar-refractivity contribution in [3.63, 3.8) is 0 Å². The minimum Gasteiger partial charge on any atom is -0.445 e. The van der Waals surface area contributed by atoms with E-state index in [0.717, 1.165) is 37.1 Å². The molecule has 0 radical (unpaired) electrons. The molecule has 4 rings (SSSR count). The fraction of sp³-hybridized carbons (Fsp3) is 0.400. The second-order valence-corrected chi connectivity index (χ2v) is 8.32. The predicted octanol–water partition coefficient (Wildman–Crippen LogP) is 2.75. The summed E-state index contributed by atoms with van der Waals surface area (Å²) in [7, 11) is 0. The highest BCUT2D eigenvalue weighted by Gasteiger charge is 2.38. The lowest BCUT2D eigenvalue weighted by molar-refractivity contribution is -0.140. The van der Waals surface area contributed by atoms with E-state index in [1.54, 1.807) is 4.90 Å². The van der Waals surface area contributed by atoms with Crippen molar-refractivity contribution < 1.29 is 19.1 Å². The molecule has 0 unspecified atom stereocenters. The summed E-state index contributed by atoms with van der Waals surface area (Å²) in [4.78, 5) is 42.0. The molecule has 0 aliphatic carbocycles. The van der Waals surface area contributed by atoms with Crippen molar-refractivity contribution in [2.75, 3.05) is 19.6 Å². The minimum atomic E-state index is -0.645. The van der Waals surface area contributed by atoms with E-state index in [0.29, 0.717) is 19.4 Å². The molecule has 2 aliphatic rings. The van der Waals surface area contributed by atoms with Gasteiger partial charge in [0.2, 0.25) is 11.8 Å². The van der Waals surface area contributed by atoms with Crippen molar-refractivity contribution in [3.05, 3.63) is 71.8 Å². The molecule has 2 aliphatic heterocycles. The number of likely N-dealkylation sites (tertiary alicyclic amines) is 2. The van der Waals surface area contributed by atoms with E-state index in [1.807, 2.05) is 60.7 Å². The summed E-state index contributed by atoms with van der Waals surface area (Å²) in [5.41, 5.74) is 1.88. The number of carbonyl (C=O) groups is 3. The average molecular weight is 436 g/mol. The number of nitrogens with one attached hydrogen (secondary N) is 1. The molecule has 2 aromatic rings. The Bertz CT molecular complexity index is 931. The molecule has 2 saturated heterocycles. The van der Waals surface area contributed by atoms with Crippen LogP contribution in [-0.2, 0) is 27.4 Å². The quantitative estimate of drug-likeness (QED) is 0.725. The molecule has 2 atom stereocenters. The van der Waals surface area contributed by atoms with Crippen molar-refractivity contribution in [1.29, 1.82) is 0 Å². The molecular weight excluding hydrogens is 406 g/mol. The molecule has 0 spiro atoms. The highest BCUT2D eigenvalue weighted by Crippen LogP contribution is 2.20. The molecule has 168 valence electrons. The summed E-state index contributed by atoms with van der Waals surface area (Å²) >= 11 is 0. The summed E-state index contributed by atoms with van der Waals surface area (Å²) in [6.07, 6.45) is 2.19. The van der Waals surface area contributed by atoms with Gasteiger partial charge < -0.3 is 15.0 Å². The van der Waals surface area contributed by atoms with Crippen molar-refractivity contribution in [2.45, 2.75) is 44.4 Å². The zero-order chi connectivity index (χ0) is 22.3. The van der Waals surface area contributed by atoms with Crippen LogP contribution in [0.5, 0.6) is 0 Å². The average Bonchev–Trinajstić information content (AvgIpc) is 3.27. The van der Waals surface area contributed by atoms with Crippen LogP contribution >= 0.6 is 0 Å². The number of ether oxygens (including phenoxy) is 1. The number of hydrogen-bond donors (Lipinski definition) is 1. The lowest BCUT2D eigenvalue weighted by Crippen LogP contribution is -2.57. The minimum absolute atomic E-state index is 0.0651. The van der Waals surface area contributed by atoms with Crippen LogP contribution in [0, 0.1) is 0 Å². The van der Waals surface area contributed by atoms with Crippen LogP contribution in [0.2, 0.25) is 0 Å². The topological polar surface area (TPSA) is 79.0 Å². The highest BCUT2D eigenvalue weighted by molar-refractivity contribution is 5.92. The van der Waals surface area contributed by atoms with E-state index in [1.165, 1.54) is 4.90 Å². The molecule has 7 heteroatoms. The molecule has 0 saturated carbocycles. The van der Waals surface area contributed by atoms with Crippen molar-refractivity contribution >= 4 is 17.9 Å². The number of amides is 3. The number of carbonyl (C=O) groups excluding carboxylic acids is 3. The SMILES string of the molecule is O=C(N[C@@H](Cc1ccccc1)C(=O)N1CCC1)[C@@H]1CCCN1C(=O)OCc1ccccc1. The Kier molecular flexibility index (Phi) is 7.04. The maximum absolute atomic E-state index is 13.1. The Morgan fingerprint density at radius 3 is 2.19 bits per heavy atom. The summed E-state index contributed by atoms with van der Waals surface area (Å²) in [6, 6.07) is 17.8. The van der Waals surface area contributed by atoms with Crippen LogP contribution in [0.1, 0.15) is 30.4 Å². The first kappa shape index (κ1) is 21.9. The van der Waals surface area contributed by atoms with E-state index >= 15 is 0 Å². The smallest absolute Gasteiger partial charge is 0.410 e. The van der Waals surface area contributed by atoms with Gasteiger partial charge in [0.05, 0.1) is 0 Å². The number of hydrogen-bond acceptors (Lipinski definition) is 4. The standard InChI is InChI=1S/C25H29N3O4/c29-23(22-13-7-16-28(22)25(31)32-18-20-11-5-2-6-12-20)26-21(24(30)27-14-8-15-27)17-19-9-3-1-4-10-19/h1-6,9-12,21-22H,7-8,13-18H2,(H,26,29)/t21-,22-/m0/s1. The van der Waals surface area contributed by atoms with Crippen LogP contribution in [0.3, 0.4) is 0 Å². The molecule has 2 fully saturated rings. The summed E-state index contributed by atoms with van der Waals surface area (Å²) in [5, 5.41) is 2.94. The number of rotatable bonds is 7. The third-order valence-electron chi connectivity index (χ3n) is 6.06. The van der Waals surface area contributed by atoms with Gasteiger partial charge in [0, 0.05) is 26.1 Å². The van der Waals surface area contributed by atoms with E-state index < -0.39 is 18.2 Å². The van der Waals surface area contributed by atoms with Gasteiger partial charge in [-0.2, -0.15) is 0 Å². The van der Waals surface area contributed by atoms with Gasteiger partial charge in [-0.15, -0.1) is 0 Å². The normalized spacial score (nSPS) is 18.6. The van der Waals surface area contributed by atoms with Crippen LogP contribution in [-0.4, -0.2) is 59.4 Å². The second kappa shape index (κ2) is 10.3. The van der Waals surface area contributed by atoms with Crippen LogP contribution in [0.25, 0.3) is 0 Å². The Hall–Kier alpha value is -3.35. The van der Waals surface area contributed by atoms with Crippen molar-refractivity contribution in [2.24, 2.45) is 0 Å². The van der Waals surface area contributed by atoms with Crippen LogP contribution in [0.4, 0.5) is 4.79 Å². The fourth-order valence-corrected chi connectivity index (χ4v) is 4.13. The van der Waals surface area contributed by atoms with Gasteiger partial charge in [-0.3, -0.25) is 14.5 Å². The molecule has 2 aromatic carbocycles. The van der Waals surface area contributed by atoms with Gasteiger partial charge in [-0.1, -0.05) is 60.7 Å². The Morgan fingerprint density at radius 2 is 1.56 bits per heavy atom. The van der Waals surface area contributed by atoms with Crippen LogP contribution in [0.15, 0.2) is 60.7 Å². The first-order valence-electron chi connectivity index (χ1n) is 11.2. The first-order chi connectivity index (χ1) is 15.6. The zero-order valence-corrected chi connectivity index (χ0v) is 18.1. The monoisotopic (exact) mass is 435 g/mol. The van der Waals surface area contributed by atoms with E-state index in [9.17, 15) is 14.4 Å². The van der Waals surface area contributed by atoms with Crippen molar-refractivity contribution in [1.82, 2.24) is 15.1 Å². The molecule has 0 aromatic heterocycles. The largest absolute Gasteiger partial charge is 0.445 e. The van der Waals surface area contributed by atoms with Crippen molar-refractivity contribution in [3.8, 4) is 0 Å². The molecule has 3 amide bonds. The van der Waals surface area contributed by atoms with E-state index in [2.05, 4.69) is 5.32 Å². The van der Waals surface area contributed by atoms with Gasteiger partial charge in [-0.25, -0.2) is 4.79 Å². The zero-order valence-electron chi connectivity index (χ0n) is 18.1. The van der Waals surface area contributed by atoms with E-state index in [-0.39, 0.29) is 18.4 Å². The molecule has 1 N–H and O–H groups in total. The van der Waals surface area contributed by atoms with Gasteiger partial charge >= 0.3 is 6.09 Å². The van der Waals surface area contributed by atoms with Gasteiger partial charge in [0.1, 0.15) is 18.7 Å². The van der Waals surface area contributed by atoms with Crippen LogP contribution < -0.4 is 5.32 Å². The molecule has 7 nitrogen and oxygen atoms in total. The first-order valence-corrected chi connectivity index (χ1v) is 11.2. The Balaban J connectivity index is 1.39. The Labute approximate surface area is 188 Å². The molecule has 32 heavy (non-hydrogen) atoms. The molecule has 2 heterocycles. The molecule has 0 bridgehead atoms. The maximum Gasteiger partial charge on any atom is 0.410 e. The summed E-state index contributed by atoms with van der Waals surface area (Å²) < 4.78 is 5.44. The third-order valence-corrected chi connectivity index (χ3v) is 6.06.